The number of carboxylic acid groups (broad SMARTS) is 2. The number of hydrogen-bond donors (Lipinski definition) is 3. The molecule has 0 bridgehead atoms. The molecule has 4 rings (SSSR count). The molecule has 1 saturated heterocycles. The lowest BCUT2D eigenvalue weighted by Gasteiger charge is -2.47. The minimum Gasteiger partial charge on any atom is -0.481 e. The van der Waals surface area contributed by atoms with Gasteiger partial charge in [-0.05, 0) is 16.7 Å². The molecule has 0 atom stereocenters. The maximum atomic E-state index is 9.64. The van der Waals surface area contributed by atoms with Crippen molar-refractivity contribution in [3.63, 3.8) is 0 Å². The minimum absolute atomic E-state index is 0.258. The Bertz CT molecular complexity index is 893. The number of nitrogens with one attached hydrogen (secondary N) is 1. The maximum absolute atomic E-state index is 9.64. The zero-order valence-electron chi connectivity index (χ0n) is 18.6. The number of benzene rings is 3. The van der Waals surface area contributed by atoms with Gasteiger partial charge >= 0.3 is 11.9 Å². The average molecular weight is 447 g/mol. The molecule has 1 heterocycles. The van der Waals surface area contributed by atoms with Crippen LogP contribution in [-0.2, 0) is 15.1 Å². The van der Waals surface area contributed by atoms with Gasteiger partial charge in [-0.3, -0.25) is 14.5 Å². The van der Waals surface area contributed by atoms with Crippen LogP contribution in [0.5, 0.6) is 0 Å². The van der Waals surface area contributed by atoms with Gasteiger partial charge in [0.1, 0.15) is 0 Å². The van der Waals surface area contributed by atoms with Gasteiger partial charge in [-0.15, -0.1) is 0 Å². The third kappa shape index (κ3) is 6.06. The van der Waals surface area contributed by atoms with Gasteiger partial charge < -0.3 is 15.5 Å². The Morgan fingerprint density at radius 2 is 1.00 bits per heavy atom. The van der Waals surface area contributed by atoms with Gasteiger partial charge in [0, 0.05) is 26.2 Å². The van der Waals surface area contributed by atoms with Crippen LogP contribution in [0.15, 0.2) is 91.0 Å². The van der Waals surface area contributed by atoms with E-state index in [9.17, 15) is 9.59 Å². The molecule has 0 amide bonds. The van der Waals surface area contributed by atoms with Crippen molar-refractivity contribution in [1.29, 1.82) is 0 Å². The number of aliphatic carboxylic acids is 2. The summed E-state index contributed by atoms with van der Waals surface area (Å²) in [5.74, 6) is -2.15. The lowest BCUT2D eigenvalue weighted by atomic mass is 9.75. The summed E-state index contributed by atoms with van der Waals surface area (Å²) in [6.45, 7) is 4.10. The zero-order chi connectivity index (χ0) is 23.5. The van der Waals surface area contributed by atoms with Crippen molar-refractivity contribution >= 4 is 11.9 Å². The molecule has 33 heavy (non-hydrogen) atoms. The molecule has 1 aliphatic rings. The van der Waals surface area contributed by atoms with Crippen molar-refractivity contribution in [2.75, 3.05) is 26.2 Å². The van der Waals surface area contributed by atoms with E-state index >= 15 is 0 Å². The summed E-state index contributed by atoms with van der Waals surface area (Å²) in [5.41, 5.74) is 3.73. The smallest absolute Gasteiger partial charge is 0.303 e. The summed E-state index contributed by atoms with van der Waals surface area (Å²) in [5, 5.41) is 19.3. The number of rotatable bonds is 7. The van der Waals surface area contributed by atoms with Crippen molar-refractivity contribution in [1.82, 2.24) is 10.2 Å². The summed E-state index contributed by atoms with van der Waals surface area (Å²) < 4.78 is 0. The Labute approximate surface area is 194 Å². The van der Waals surface area contributed by atoms with E-state index < -0.39 is 11.9 Å². The number of piperazine rings is 1. The second kappa shape index (κ2) is 11.9. The molecule has 3 aromatic carbocycles. The topological polar surface area (TPSA) is 89.9 Å². The molecule has 0 unspecified atom stereocenters. The summed E-state index contributed by atoms with van der Waals surface area (Å²) in [4.78, 5) is 21.9. The van der Waals surface area contributed by atoms with Gasteiger partial charge in [0.25, 0.3) is 0 Å². The van der Waals surface area contributed by atoms with Crippen LogP contribution < -0.4 is 5.32 Å². The molecule has 3 N–H and O–H groups in total. The molecule has 1 fully saturated rings. The quantitative estimate of drug-likeness (QED) is 0.478. The average Bonchev–Trinajstić information content (AvgIpc) is 2.86. The van der Waals surface area contributed by atoms with E-state index in [0.717, 1.165) is 26.2 Å². The van der Waals surface area contributed by atoms with E-state index in [0.29, 0.717) is 0 Å². The van der Waals surface area contributed by atoms with Crippen LogP contribution in [0.1, 0.15) is 29.5 Å². The largest absolute Gasteiger partial charge is 0.481 e. The van der Waals surface area contributed by atoms with Crippen molar-refractivity contribution in [3.05, 3.63) is 108 Å². The third-order valence-electron chi connectivity index (χ3n) is 5.72. The van der Waals surface area contributed by atoms with Crippen LogP contribution in [-0.4, -0.2) is 53.2 Å². The summed E-state index contributed by atoms with van der Waals surface area (Å²) >= 11 is 0. The highest BCUT2D eigenvalue weighted by atomic mass is 16.4. The first kappa shape index (κ1) is 24.2. The first-order chi connectivity index (χ1) is 16.0. The number of carboxylic acids is 2. The molecular weight excluding hydrogens is 416 g/mol. The second-order valence-corrected chi connectivity index (χ2v) is 7.83. The van der Waals surface area contributed by atoms with Gasteiger partial charge in [-0.1, -0.05) is 91.0 Å². The monoisotopic (exact) mass is 446 g/mol. The fourth-order valence-electron chi connectivity index (χ4n) is 4.30. The molecule has 6 heteroatoms. The van der Waals surface area contributed by atoms with Gasteiger partial charge in [0.15, 0.2) is 0 Å². The third-order valence-corrected chi connectivity index (χ3v) is 5.72. The molecule has 6 nitrogen and oxygen atoms in total. The lowest BCUT2D eigenvalue weighted by Crippen LogP contribution is -2.55. The molecular formula is C27H30N2O4. The van der Waals surface area contributed by atoms with E-state index in [2.05, 4.69) is 101 Å². The number of hydrogen-bond acceptors (Lipinski definition) is 4. The Morgan fingerprint density at radius 3 is 1.30 bits per heavy atom. The molecule has 1 aliphatic heterocycles. The Balaban J connectivity index is 0.000000331. The Kier molecular flexibility index (Phi) is 8.75. The number of carbonyl (C=O) groups is 2. The maximum Gasteiger partial charge on any atom is 0.303 e. The van der Waals surface area contributed by atoms with E-state index in [-0.39, 0.29) is 18.4 Å². The lowest BCUT2D eigenvalue weighted by molar-refractivity contribution is -0.143. The van der Waals surface area contributed by atoms with Gasteiger partial charge in [0.2, 0.25) is 0 Å². The number of nitrogens with zero attached hydrogens (tertiary/aromatic N) is 1. The first-order valence-electron chi connectivity index (χ1n) is 11.1. The highest BCUT2D eigenvalue weighted by Gasteiger charge is 2.42. The zero-order valence-corrected chi connectivity index (χ0v) is 18.6. The van der Waals surface area contributed by atoms with Crippen molar-refractivity contribution in [3.8, 4) is 0 Å². The highest BCUT2D eigenvalue weighted by molar-refractivity contribution is 5.75. The highest BCUT2D eigenvalue weighted by Crippen LogP contribution is 2.42. The van der Waals surface area contributed by atoms with Crippen LogP contribution >= 0.6 is 0 Å². The van der Waals surface area contributed by atoms with Gasteiger partial charge in [-0.25, -0.2) is 0 Å². The van der Waals surface area contributed by atoms with E-state index in [4.69, 9.17) is 10.2 Å². The molecule has 0 aromatic heterocycles. The van der Waals surface area contributed by atoms with Crippen LogP contribution in [0.25, 0.3) is 0 Å². The Morgan fingerprint density at radius 1 is 0.667 bits per heavy atom. The van der Waals surface area contributed by atoms with Crippen molar-refractivity contribution in [2.45, 2.75) is 18.4 Å². The predicted molar refractivity (Wildman–Crippen MR) is 128 cm³/mol. The first-order valence-corrected chi connectivity index (χ1v) is 11.1. The molecule has 0 aliphatic carbocycles. The fourth-order valence-corrected chi connectivity index (χ4v) is 4.30. The Hall–Kier alpha value is -3.48. The van der Waals surface area contributed by atoms with E-state index in [1.807, 2.05) is 0 Å². The van der Waals surface area contributed by atoms with Crippen molar-refractivity contribution < 1.29 is 19.8 Å². The van der Waals surface area contributed by atoms with Crippen LogP contribution in [0.3, 0.4) is 0 Å². The standard InChI is InChI=1S/C23H24N2.C4H6O4/c1-4-10-20(11-5-1)23(21-12-6-2-7-13-21,22-14-8-3-9-15-22)25-18-16-24-17-19-25;5-3(6)1-2-4(7)8/h1-15,24H,16-19H2;1-2H2,(H,5,6)(H,7,8). The molecule has 172 valence electrons. The van der Waals surface area contributed by atoms with Gasteiger partial charge in [0.05, 0.1) is 18.4 Å². The van der Waals surface area contributed by atoms with Crippen LogP contribution in [0.4, 0.5) is 0 Å². The fraction of sp³-hybridized carbons (Fsp3) is 0.259. The molecule has 3 aromatic rings. The summed E-state index contributed by atoms with van der Waals surface area (Å²) in [6, 6.07) is 32.8. The summed E-state index contributed by atoms with van der Waals surface area (Å²) in [7, 11) is 0. The SMILES string of the molecule is O=C(O)CCC(=O)O.c1ccc(C(c2ccccc2)(c2ccccc2)N2CCNCC2)cc1. The van der Waals surface area contributed by atoms with E-state index in [1.165, 1.54) is 16.7 Å². The summed E-state index contributed by atoms with van der Waals surface area (Å²) in [6.07, 6.45) is -0.593. The predicted octanol–water partition coefficient (Wildman–Crippen LogP) is 3.82. The van der Waals surface area contributed by atoms with E-state index in [1.54, 1.807) is 0 Å². The van der Waals surface area contributed by atoms with Gasteiger partial charge in [-0.2, -0.15) is 0 Å². The molecule has 0 radical (unpaired) electrons. The second-order valence-electron chi connectivity index (χ2n) is 7.83. The molecule has 0 spiro atoms. The van der Waals surface area contributed by atoms with Crippen LogP contribution in [0, 0.1) is 0 Å². The molecule has 0 saturated carbocycles. The normalized spacial score (nSPS) is 14.1. The van der Waals surface area contributed by atoms with Crippen LogP contribution in [0.2, 0.25) is 0 Å². The van der Waals surface area contributed by atoms with Crippen molar-refractivity contribution in [2.24, 2.45) is 0 Å². The minimum atomic E-state index is -1.08.